The average molecular weight is 337 g/mol. The normalized spacial score (nSPS) is 12.7. The van der Waals surface area contributed by atoms with E-state index in [1.807, 2.05) is 12.1 Å². The zero-order valence-corrected chi connectivity index (χ0v) is 13.2. The molecule has 2 N–H and O–H groups in total. The molecule has 0 amide bonds. The van der Waals surface area contributed by atoms with Gasteiger partial charge in [-0.3, -0.25) is 0 Å². The molecule has 0 fully saturated rings. The predicted octanol–water partition coefficient (Wildman–Crippen LogP) is 4.32. The molecule has 0 radical (unpaired) electrons. The lowest BCUT2D eigenvalue weighted by molar-refractivity contribution is 0.204. The van der Waals surface area contributed by atoms with Crippen molar-refractivity contribution < 1.29 is 9.50 Å². The number of hydrogen-bond acceptors (Lipinski definition) is 3. The van der Waals surface area contributed by atoms with Crippen molar-refractivity contribution in [1.29, 1.82) is 0 Å². The second kappa shape index (κ2) is 6.69. The minimum absolute atomic E-state index is 0.301. The van der Waals surface area contributed by atoms with Crippen LogP contribution in [0.1, 0.15) is 17.5 Å². The Morgan fingerprint density at radius 1 is 1.23 bits per heavy atom. The minimum Gasteiger partial charge on any atom is -0.388 e. The molecule has 114 valence electrons. The fourth-order valence-electron chi connectivity index (χ4n) is 2.15. The van der Waals surface area contributed by atoms with Gasteiger partial charge in [0.05, 0.1) is 22.9 Å². The minimum atomic E-state index is -0.621. The van der Waals surface area contributed by atoms with Gasteiger partial charge in [-0.25, -0.2) is 9.37 Å². The Morgan fingerprint density at radius 3 is 2.77 bits per heavy atom. The van der Waals surface area contributed by atoms with Gasteiger partial charge in [-0.2, -0.15) is 11.8 Å². The summed E-state index contributed by atoms with van der Waals surface area (Å²) in [5, 5.41) is 10.7. The summed E-state index contributed by atoms with van der Waals surface area (Å²) >= 11 is 7.50. The van der Waals surface area contributed by atoms with Gasteiger partial charge in [0.2, 0.25) is 0 Å². The van der Waals surface area contributed by atoms with E-state index >= 15 is 0 Å². The van der Waals surface area contributed by atoms with E-state index in [-0.39, 0.29) is 5.82 Å². The fourth-order valence-corrected chi connectivity index (χ4v) is 3.19. The van der Waals surface area contributed by atoms with Crippen molar-refractivity contribution in [3.63, 3.8) is 0 Å². The van der Waals surface area contributed by atoms with Crippen molar-refractivity contribution in [3.05, 3.63) is 64.7 Å². The number of thioether (sulfide) groups is 1. The predicted molar refractivity (Wildman–Crippen MR) is 88.6 cm³/mol. The topological polar surface area (TPSA) is 48.9 Å². The molecule has 0 bridgehead atoms. The van der Waals surface area contributed by atoms with Gasteiger partial charge in [-0.15, -0.1) is 0 Å². The number of imidazole rings is 1. The highest BCUT2D eigenvalue weighted by Gasteiger charge is 2.09. The molecule has 0 aliphatic heterocycles. The number of benzene rings is 2. The third kappa shape index (κ3) is 3.61. The van der Waals surface area contributed by atoms with Crippen LogP contribution in [0.5, 0.6) is 0 Å². The molecule has 1 unspecified atom stereocenters. The van der Waals surface area contributed by atoms with Crippen molar-refractivity contribution in [1.82, 2.24) is 9.97 Å². The van der Waals surface area contributed by atoms with E-state index in [2.05, 4.69) is 9.97 Å². The van der Waals surface area contributed by atoms with Crippen molar-refractivity contribution >= 4 is 34.4 Å². The summed E-state index contributed by atoms with van der Waals surface area (Å²) in [5.41, 5.74) is 2.49. The molecule has 6 heteroatoms. The zero-order chi connectivity index (χ0) is 15.5. The SMILES string of the molecule is OC(CSCc1nc2ccc(Cl)cc2[nH]1)c1ccc(F)cc1. The van der Waals surface area contributed by atoms with Crippen LogP contribution >= 0.6 is 23.4 Å². The number of fused-ring (bicyclic) bond motifs is 1. The molecule has 1 heterocycles. The smallest absolute Gasteiger partial charge is 0.123 e. The lowest BCUT2D eigenvalue weighted by Gasteiger charge is -2.09. The largest absolute Gasteiger partial charge is 0.388 e. The highest BCUT2D eigenvalue weighted by atomic mass is 35.5. The van der Waals surface area contributed by atoms with Crippen LogP contribution in [-0.4, -0.2) is 20.8 Å². The zero-order valence-electron chi connectivity index (χ0n) is 11.6. The average Bonchev–Trinajstić information content (AvgIpc) is 2.89. The Bertz CT molecular complexity index is 775. The molecule has 0 saturated heterocycles. The quantitative estimate of drug-likeness (QED) is 0.729. The first-order valence-corrected chi connectivity index (χ1v) is 8.30. The Balaban J connectivity index is 1.58. The van der Waals surface area contributed by atoms with Gasteiger partial charge in [-0.05, 0) is 35.9 Å². The fraction of sp³-hybridized carbons (Fsp3) is 0.188. The van der Waals surface area contributed by atoms with Crippen LogP contribution in [0.3, 0.4) is 0 Å². The second-order valence-electron chi connectivity index (χ2n) is 4.93. The molecule has 22 heavy (non-hydrogen) atoms. The monoisotopic (exact) mass is 336 g/mol. The lowest BCUT2D eigenvalue weighted by Crippen LogP contribution is -2.01. The number of hydrogen-bond donors (Lipinski definition) is 2. The first kappa shape index (κ1) is 15.3. The van der Waals surface area contributed by atoms with Crippen molar-refractivity contribution in [2.24, 2.45) is 0 Å². The van der Waals surface area contributed by atoms with E-state index < -0.39 is 6.10 Å². The van der Waals surface area contributed by atoms with Gasteiger partial charge < -0.3 is 10.1 Å². The number of rotatable bonds is 5. The highest BCUT2D eigenvalue weighted by molar-refractivity contribution is 7.98. The first-order chi connectivity index (χ1) is 10.6. The molecule has 2 aromatic carbocycles. The van der Waals surface area contributed by atoms with E-state index in [1.54, 1.807) is 30.0 Å². The van der Waals surface area contributed by atoms with Crippen LogP contribution in [0.2, 0.25) is 5.02 Å². The number of aromatic nitrogens is 2. The van der Waals surface area contributed by atoms with Crippen LogP contribution in [-0.2, 0) is 5.75 Å². The van der Waals surface area contributed by atoms with E-state index in [9.17, 15) is 9.50 Å². The van der Waals surface area contributed by atoms with Crippen LogP contribution in [0.15, 0.2) is 42.5 Å². The van der Waals surface area contributed by atoms with E-state index in [0.29, 0.717) is 22.1 Å². The molecule has 3 aromatic rings. The molecule has 0 aliphatic carbocycles. The Morgan fingerprint density at radius 2 is 2.00 bits per heavy atom. The second-order valence-corrected chi connectivity index (χ2v) is 6.39. The van der Waals surface area contributed by atoms with Crippen molar-refractivity contribution in [2.45, 2.75) is 11.9 Å². The molecule has 3 rings (SSSR count). The molecule has 3 nitrogen and oxygen atoms in total. The summed E-state index contributed by atoms with van der Waals surface area (Å²) in [6.45, 7) is 0. The van der Waals surface area contributed by atoms with Gasteiger partial charge in [0.15, 0.2) is 0 Å². The number of nitrogens with one attached hydrogen (secondary N) is 1. The van der Waals surface area contributed by atoms with E-state index in [4.69, 9.17) is 11.6 Å². The lowest BCUT2D eigenvalue weighted by atomic mass is 10.1. The van der Waals surface area contributed by atoms with Crippen molar-refractivity contribution in [3.8, 4) is 0 Å². The number of halogens is 2. The van der Waals surface area contributed by atoms with E-state index in [1.165, 1.54) is 12.1 Å². The summed E-state index contributed by atoms with van der Waals surface area (Å²) in [6.07, 6.45) is -0.621. The summed E-state index contributed by atoms with van der Waals surface area (Å²) in [6, 6.07) is 11.4. The summed E-state index contributed by atoms with van der Waals surface area (Å²) < 4.78 is 12.8. The third-order valence-corrected chi connectivity index (χ3v) is 4.53. The number of aromatic amines is 1. The number of aliphatic hydroxyl groups excluding tert-OH is 1. The highest BCUT2D eigenvalue weighted by Crippen LogP contribution is 2.23. The molecular formula is C16H14ClFN2OS. The van der Waals surface area contributed by atoms with Gasteiger partial charge >= 0.3 is 0 Å². The number of nitrogens with zero attached hydrogens (tertiary/aromatic N) is 1. The maximum atomic E-state index is 12.8. The number of aliphatic hydroxyl groups is 1. The first-order valence-electron chi connectivity index (χ1n) is 6.77. The molecule has 1 aromatic heterocycles. The maximum absolute atomic E-state index is 12.8. The third-order valence-electron chi connectivity index (χ3n) is 3.26. The van der Waals surface area contributed by atoms with Crippen LogP contribution in [0.4, 0.5) is 4.39 Å². The van der Waals surface area contributed by atoms with Crippen LogP contribution in [0.25, 0.3) is 11.0 Å². The summed E-state index contributed by atoms with van der Waals surface area (Å²) in [7, 11) is 0. The maximum Gasteiger partial charge on any atom is 0.123 e. The van der Waals surface area contributed by atoms with Gasteiger partial charge in [0.25, 0.3) is 0 Å². The summed E-state index contributed by atoms with van der Waals surface area (Å²) in [4.78, 5) is 7.68. The molecule has 1 atom stereocenters. The Labute approximate surface area is 136 Å². The Kier molecular flexibility index (Phi) is 4.66. The van der Waals surface area contributed by atoms with Gasteiger partial charge in [-0.1, -0.05) is 23.7 Å². The van der Waals surface area contributed by atoms with E-state index in [0.717, 1.165) is 16.9 Å². The van der Waals surface area contributed by atoms with Crippen LogP contribution < -0.4 is 0 Å². The Hall–Kier alpha value is -1.56. The standard InChI is InChI=1S/C16H14ClFN2OS/c17-11-3-6-13-14(7-11)20-16(19-13)9-22-8-15(21)10-1-4-12(18)5-2-10/h1-7,15,21H,8-9H2,(H,19,20). The molecule has 0 spiro atoms. The van der Waals surface area contributed by atoms with Crippen molar-refractivity contribution in [2.75, 3.05) is 5.75 Å². The molecule has 0 saturated carbocycles. The van der Waals surface area contributed by atoms with Crippen LogP contribution in [0, 0.1) is 5.82 Å². The van der Waals surface area contributed by atoms with Gasteiger partial charge in [0, 0.05) is 10.8 Å². The summed E-state index contributed by atoms with van der Waals surface area (Å²) in [5.74, 6) is 1.71. The number of H-pyrrole nitrogens is 1. The van der Waals surface area contributed by atoms with Gasteiger partial charge in [0.1, 0.15) is 11.6 Å². The molecule has 0 aliphatic rings. The molecular weight excluding hydrogens is 323 g/mol.